The zero-order valence-electron chi connectivity index (χ0n) is 13.9. The van der Waals surface area contributed by atoms with Crippen molar-refractivity contribution >= 4 is 23.2 Å². The average Bonchev–Trinajstić information content (AvgIpc) is 3.04. The first-order valence-corrected chi connectivity index (χ1v) is 9.15. The number of amides is 2. The SMILES string of the molecule is Cc1ccc(CC(=O)NCCC(=O)N2CCc3sccc3C2)cc1. The Kier molecular flexibility index (Phi) is 5.30. The van der Waals surface area contributed by atoms with Gasteiger partial charge in [-0.1, -0.05) is 29.8 Å². The molecular formula is C19H22N2O2S. The van der Waals surface area contributed by atoms with Crippen molar-refractivity contribution in [3.05, 3.63) is 57.3 Å². The van der Waals surface area contributed by atoms with Crippen LogP contribution in [0.3, 0.4) is 0 Å². The van der Waals surface area contributed by atoms with Crippen LogP contribution in [0.5, 0.6) is 0 Å². The van der Waals surface area contributed by atoms with Crippen molar-refractivity contribution in [1.29, 1.82) is 0 Å². The van der Waals surface area contributed by atoms with E-state index in [0.717, 1.165) is 18.5 Å². The molecule has 2 heterocycles. The molecule has 24 heavy (non-hydrogen) atoms. The Labute approximate surface area is 146 Å². The van der Waals surface area contributed by atoms with Crippen molar-refractivity contribution in [3.8, 4) is 0 Å². The first kappa shape index (κ1) is 16.7. The lowest BCUT2D eigenvalue weighted by Crippen LogP contribution is -2.37. The second-order valence-corrected chi connectivity index (χ2v) is 7.20. The fourth-order valence-corrected chi connectivity index (χ4v) is 3.77. The highest BCUT2D eigenvalue weighted by atomic mass is 32.1. The van der Waals surface area contributed by atoms with Crippen molar-refractivity contribution in [2.24, 2.45) is 0 Å². The molecule has 0 spiro atoms. The quantitative estimate of drug-likeness (QED) is 0.908. The lowest BCUT2D eigenvalue weighted by atomic mass is 10.1. The first-order chi connectivity index (χ1) is 11.6. The zero-order valence-corrected chi connectivity index (χ0v) is 14.7. The molecule has 2 amide bonds. The molecule has 4 nitrogen and oxygen atoms in total. The van der Waals surface area contributed by atoms with Crippen LogP contribution in [0.1, 0.15) is 28.0 Å². The maximum atomic E-state index is 12.3. The molecule has 1 N–H and O–H groups in total. The van der Waals surface area contributed by atoms with Crippen molar-refractivity contribution in [2.75, 3.05) is 13.1 Å². The Hall–Kier alpha value is -2.14. The summed E-state index contributed by atoms with van der Waals surface area (Å²) in [6, 6.07) is 10.0. The number of benzene rings is 1. The molecule has 126 valence electrons. The topological polar surface area (TPSA) is 49.4 Å². The summed E-state index contributed by atoms with van der Waals surface area (Å²) in [7, 11) is 0. The van der Waals surface area contributed by atoms with E-state index in [4.69, 9.17) is 0 Å². The van der Waals surface area contributed by atoms with Gasteiger partial charge in [-0.05, 0) is 35.9 Å². The summed E-state index contributed by atoms with van der Waals surface area (Å²) in [6.07, 6.45) is 1.66. The number of rotatable bonds is 5. The van der Waals surface area contributed by atoms with Gasteiger partial charge in [0.1, 0.15) is 0 Å². The number of fused-ring (bicyclic) bond motifs is 1. The van der Waals surface area contributed by atoms with Gasteiger partial charge >= 0.3 is 0 Å². The first-order valence-electron chi connectivity index (χ1n) is 8.27. The molecule has 0 unspecified atom stereocenters. The molecule has 0 saturated heterocycles. The predicted molar refractivity (Wildman–Crippen MR) is 95.9 cm³/mol. The van der Waals surface area contributed by atoms with Gasteiger partial charge in [0.15, 0.2) is 0 Å². The summed E-state index contributed by atoms with van der Waals surface area (Å²) in [5.74, 6) is 0.0768. The van der Waals surface area contributed by atoms with Gasteiger partial charge in [-0.2, -0.15) is 0 Å². The number of thiophene rings is 1. The van der Waals surface area contributed by atoms with Crippen LogP contribution in [-0.2, 0) is 29.0 Å². The van der Waals surface area contributed by atoms with Crippen molar-refractivity contribution in [3.63, 3.8) is 0 Å². The third-order valence-corrected chi connectivity index (χ3v) is 5.33. The fourth-order valence-electron chi connectivity index (χ4n) is 2.88. The van der Waals surface area contributed by atoms with Crippen LogP contribution in [0.15, 0.2) is 35.7 Å². The van der Waals surface area contributed by atoms with Crippen molar-refractivity contribution in [2.45, 2.75) is 32.7 Å². The van der Waals surface area contributed by atoms with Crippen molar-refractivity contribution < 1.29 is 9.59 Å². The van der Waals surface area contributed by atoms with Crippen LogP contribution >= 0.6 is 11.3 Å². The molecule has 5 heteroatoms. The summed E-state index contributed by atoms with van der Waals surface area (Å²) in [5.41, 5.74) is 3.44. The van der Waals surface area contributed by atoms with Crippen LogP contribution < -0.4 is 5.32 Å². The molecule has 2 aromatic rings. The molecule has 0 bridgehead atoms. The highest BCUT2D eigenvalue weighted by Gasteiger charge is 2.21. The Balaban J connectivity index is 1.40. The van der Waals surface area contributed by atoms with E-state index >= 15 is 0 Å². The summed E-state index contributed by atoms with van der Waals surface area (Å²) in [4.78, 5) is 27.5. The van der Waals surface area contributed by atoms with Crippen LogP contribution in [0.4, 0.5) is 0 Å². The maximum absolute atomic E-state index is 12.3. The molecule has 1 aromatic carbocycles. The third kappa shape index (κ3) is 4.23. The van der Waals surface area contributed by atoms with Gasteiger partial charge in [0.25, 0.3) is 0 Å². The van der Waals surface area contributed by atoms with Gasteiger partial charge in [-0.15, -0.1) is 11.3 Å². The number of hydrogen-bond donors (Lipinski definition) is 1. The van der Waals surface area contributed by atoms with Crippen LogP contribution in [-0.4, -0.2) is 29.8 Å². The van der Waals surface area contributed by atoms with Gasteiger partial charge in [0, 0.05) is 30.9 Å². The minimum Gasteiger partial charge on any atom is -0.355 e. The number of nitrogens with zero attached hydrogens (tertiary/aromatic N) is 1. The molecule has 1 aliphatic rings. The Bertz CT molecular complexity index is 721. The molecule has 1 aliphatic heterocycles. The number of nitrogens with one attached hydrogen (secondary N) is 1. The average molecular weight is 342 g/mol. The Morgan fingerprint density at radius 3 is 2.79 bits per heavy atom. The van der Waals surface area contributed by atoms with Crippen molar-refractivity contribution in [1.82, 2.24) is 10.2 Å². The second-order valence-electron chi connectivity index (χ2n) is 6.20. The van der Waals surface area contributed by atoms with Gasteiger partial charge in [-0.3, -0.25) is 9.59 Å². The third-order valence-electron chi connectivity index (χ3n) is 4.31. The molecule has 0 radical (unpaired) electrons. The second kappa shape index (κ2) is 7.62. The van der Waals surface area contributed by atoms with Gasteiger partial charge in [0.05, 0.1) is 6.42 Å². The molecular weight excluding hydrogens is 320 g/mol. The molecule has 1 aromatic heterocycles. The molecule has 0 saturated carbocycles. The zero-order chi connectivity index (χ0) is 16.9. The smallest absolute Gasteiger partial charge is 0.224 e. The summed E-state index contributed by atoms with van der Waals surface area (Å²) < 4.78 is 0. The lowest BCUT2D eigenvalue weighted by molar-refractivity contribution is -0.132. The minimum atomic E-state index is -0.0366. The summed E-state index contributed by atoms with van der Waals surface area (Å²) >= 11 is 1.77. The van der Waals surface area contributed by atoms with E-state index in [9.17, 15) is 9.59 Å². The lowest BCUT2D eigenvalue weighted by Gasteiger charge is -2.27. The minimum absolute atomic E-state index is 0.0366. The van der Waals surface area contributed by atoms with Gasteiger partial charge < -0.3 is 10.2 Å². The van der Waals surface area contributed by atoms with Gasteiger partial charge in [0.2, 0.25) is 11.8 Å². The molecule has 0 fully saturated rings. The van der Waals surface area contributed by atoms with E-state index in [1.165, 1.54) is 16.0 Å². The molecule has 3 rings (SSSR count). The van der Waals surface area contributed by atoms with Crippen LogP contribution in [0.25, 0.3) is 0 Å². The molecule has 0 atom stereocenters. The number of carbonyl (C=O) groups excluding carboxylic acids is 2. The summed E-state index contributed by atoms with van der Waals surface area (Å²) in [5, 5.41) is 4.93. The fraction of sp³-hybridized carbons (Fsp3) is 0.368. The highest BCUT2D eigenvalue weighted by molar-refractivity contribution is 7.10. The van der Waals surface area contributed by atoms with E-state index in [1.54, 1.807) is 11.3 Å². The number of carbonyl (C=O) groups is 2. The number of hydrogen-bond acceptors (Lipinski definition) is 3. The van der Waals surface area contributed by atoms with Crippen LogP contribution in [0.2, 0.25) is 0 Å². The van der Waals surface area contributed by atoms with E-state index in [2.05, 4.69) is 16.8 Å². The van der Waals surface area contributed by atoms with E-state index in [0.29, 0.717) is 25.9 Å². The van der Waals surface area contributed by atoms with Gasteiger partial charge in [-0.25, -0.2) is 0 Å². The van der Waals surface area contributed by atoms with Crippen LogP contribution in [0, 0.1) is 6.92 Å². The standard InChI is InChI=1S/C19H22N2O2S/c1-14-2-4-15(5-3-14)12-18(22)20-9-6-19(23)21-10-7-17-16(13-21)8-11-24-17/h2-5,8,11H,6-7,9-10,12-13H2,1H3,(H,20,22). The molecule has 0 aliphatic carbocycles. The predicted octanol–water partition coefficient (Wildman–Crippen LogP) is 2.69. The highest BCUT2D eigenvalue weighted by Crippen LogP contribution is 2.24. The largest absolute Gasteiger partial charge is 0.355 e. The maximum Gasteiger partial charge on any atom is 0.224 e. The van der Waals surface area contributed by atoms with E-state index < -0.39 is 0 Å². The summed E-state index contributed by atoms with van der Waals surface area (Å²) in [6.45, 7) is 3.91. The Morgan fingerprint density at radius 2 is 2.00 bits per heavy atom. The Morgan fingerprint density at radius 1 is 1.21 bits per heavy atom. The van der Waals surface area contributed by atoms with E-state index in [1.807, 2.05) is 36.1 Å². The normalized spacial score (nSPS) is 13.5. The monoisotopic (exact) mass is 342 g/mol. The number of aryl methyl sites for hydroxylation is 1. The van der Waals surface area contributed by atoms with E-state index in [-0.39, 0.29) is 11.8 Å².